The highest BCUT2D eigenvalue weighted by Crippen LogP contribution is 2.31. The van der Waals surface area contributed by atoms with E-state index in [1.165, 1.54) is 73.7 Å². The van der Waals surface area contributed by atoms with Crippen molar-refractivity contribution in [1.29, 1.82) is 5.26 Å². The first-order valence-corrected chi connectivity index (χ1v) is 12.0. The summed E-state index contributed by atoms with van der Waals surface area (Å²) in [5.74, 6) is -0.261. The summed E-state index contributed by atoms with van der Waals surface area (Å²) in [6.45, 7) is 1.33. The number of nitriles is 1. The summed E-state index contributed by atoms with van der Waals surface area (Å²) in [5.41, 5.74) is 0.149. The van der Waals surface area contributed by atoms with E-state index in [1.54, 1.807) is 0 Å². The quantitative estimate of drug-likeness (QED) is 0.499. The molecule has 3 aromatic carbocycles. The SMILES string of the molecule is CC(=O)c1ccc(N(S(=O)(=O)c2ccc(Cl)cc2)S(=O)(=O)c2cccc(C#N)c2)cc1. The fraction of sp³-hybridized carbons (Fsp3) is 0.0476. The third-order valence-corrected chi connectivity index (χ3v) is 8.74. The van der Waals surface area contributed by atoms with Gasteiger partial charge in [-0.05, 0) is 73.7 Å². The highest BCUT2D eigenvalue weighted by atomic mass is 35.5. The fourth-order valence-electron chi connectivity index (χ4n) is 2.75. The molecule has 0 amide bonds. The molecule has 0 aliphatic rings. The number of halogens is 1. The topological polar surface area (TPSA) is 112 Å². The molecule has 3 aromatic rings. The van der Waals surface area contributed by atoms with E-state index in [9.17, 15) is 21.6 Å². The number of rotatable bonds is 6. The highest BCUT2D eigenvalue weighted by molar-refractivity contribution is 8.10. The Morgan fingerprint density at radius 3 is 2.00 bits per heavy atom. The second-order valence-electron chi connectivity index (χ2n) is 6.40. The summed E-state index contributed by atoms with van der Waals surface area (Å²) in [6, 6.07) is 17.0. The van der Waals surface area contributed by atoms with Gasteiger partial charge in [0.1, 0.15) is 0 Å². The molecule has 0 bridgehead atoms. The number of benzene rings is 3. The van der Waals surface area contributed by atoms with Gasteiger partial charge in [-0.1, -0.05) is 17.7 Å². The normalized spacial score (nSPS) is 11.5. The van der Waals surface area contributed by atoms with Gasteiger partial charge < -0.3 is 0 Å². The van der Waals surface area contributed by atoms with Gasteiger partial charge in [0.15, 0.2) is 5.78 Å². The predicted octanol–water partition coefficient (Wildman–Crippen LogP) is 4.00. The standard InChI is InChI=1S/C21H15ClN2O5S2/c1-15(25)17-5-9-19(10-6-17)24(30(26,27)20-11-7-18(22)8-12-20)31(28,29)21-4-2-3-16(13-21)14-23/h2-13H,1H3. The number of sulfonamides is 2. The fourth-order valence-corrected chi connectivity index (χ4v) is 6.61. The zero-order chi connectivity index (χ0) is 22.8. The van der Waals surface area contributed by atoms with Crippen LogP contribution in [-0.2, 0) is 20.0 Å². The third kappa shape index (κ3) is 4.46. The summed E-state index contributed by atoms with van der Waals surface area (Å²) < 4.78 is 54.0. The number of anilines is 1. The predicted molar refractivity (Wildman–Crippen MR) is 116 cm³/mol. The Balaban J connectivity index is 2.27. The van der Waals surface area contributed by atoms with E-state index in [2.05, 4.69) is 0 Å². The van der Waals surface area contributed by atoms with Crippen LogP contribution in [-0.4, -0.2) is 22.6 Å². The first kappa shape index (κ1) is 22.5. The number of nitrogens with zero attached hydrogens (tertiary/aromatic N) is 2. The maximum Gasteiger partial charge on any atom is 0.277 e. The summed E-state index contributed by atoms with van der Waals surface area (Å²) >= 11 is 5.84. The molecule has 0 fully saturated rings. The molecule has 0 spiro atoms. The molecule has 3 rings (SSSR count). The molecule has 0 unspecified atom stereocenters. The van der Waals surface area contributed by atoms with E-state index in [0.29, 0.717) is 0 Å². The number of hydrogen-bond donors (Lipinski definition) is 0. The lowest BCUT2D eigenvalue weighted by molar-refractivity contribution is 0.101. The van der Waals surface area contributed by atoms with Crippen molar-refractivity contribution in [3.63, 3.8) is 0 Å². The van der Waals surface area contributed by atoms with Gasteiger partial charge in [0, 0.05) is 10.6 Å². The van der Waals surface area contributed by atoms with E-state index in [1.807, 2.05) is 6.07 Å². The minimum absolute atomic E-state index is 0.0526. The molecule has 0 atom stereocenters. The van der Waals surface area contributed by atoms with Crippen LogP contribution in [0.1, 0.15) is 22.8 Å². The van der Waals surface area contributed by atoms with Crippen LogP contribution >= 0.6 is 11.6 Å². The van der Waals surface area contributed by atoms with Crippen molar-refractivity contribution >= 4 is 43.1 Å². The first-order chi connectivity index (χ1) is 14.6. The van der Waals surface area contributed by atoms with E-state index >= 15 is 0 Å². The molecular formula is C21H15ClN2O5S2. The van der Waals surface area contributed by atoms with Crippen LogP contribution in [0, 0.1) is 11.3 Å². The minimum Gasteiger partial charge on any atom is -0.295 e. The zero-order valence-corrected chi connectivity index (χ0v) is 18.4. The molecule has 7 nitrogen and oxygen atoms in total. The average Bonchev–Trinajstić information content (AvgIpc) is 2.74. The number of Topliss-reactive ketones (excluding diaryl/α,β-unsaturated/α-hetero) is 1. The van der Waals surface area contributed by atoms with Crippen LogP contribution in [0.5, 0.6) is 0 Å². The largest absolute Gasteiger partial charge is 0.295 e. The molecule has 0 N–H and O–H groups in total. The van der Waals surface area contributed by atoms with Gasteiger partial charge in [0.05, 0.1) is 27.1 Å². The minimum atomic E-state index is -4.66. The Morgan fingerprint density at radius 1 is 0.871 bits per heavy atom. The number of carbonyl (C=O) groups excluding carboxylic acids is 1. The molecule has 0 heterocycles. The lowest BCUT2D eigenvalue weighted by Gasteiger charge is -2.24. The molecule has 158 valence electrons. The van der Waals surface area contributed by atoms with Crippen molar-refractivity contribution in [3.05, 3.63) is 88.9 Å². The van der Waals surface area contributed by atoms with E-state index in [0.717, 1.165) is 6.07 Å². The molecule has 0 aliphatic heterocycles. The zero-order valence-electron chi connectivity index (χ0n) is 16.1. The van der Waals surface area contributed by atoms with Crippen molar-refractivity contribution in [2.75, 3.05) is 3.71 Å². The smallest absolute Gasteiger partial charge is 0.277 e. The van der Waals surface area contributed by atoms with Crippen molar-refractivity contribution in [1.82, 2.24) is 0 Å². The van der Waals surface area contributed by atoms with Crippen LogP contribution in [0.2, 0.25) is 5.02 Å². The van der Waals surface area contributed by atoms with Gasteiger partial charge in [-0.15, -0.1) is 0 Å². The van der Waals surface area contributed by atoms with Crippen LogP contribution < -0.4 is 3.71 Å². The Labute approximate surface area is 185 Å². The highest BCUT2D eigenvalue weighted by Gasteiger charge is 2.37. The Bertz CT molecular complexity index is 1390. The van der Waals surface area contributed by atoms with Gasteiger partial charge in [0.2, 0.25) is 0 Å². The summed E-state index contributed by atoms with van der Waals surface area (Å²) in [4.78, 5) is 10.9. The monoisotopic (exact) mass is 474 g/mol. The number of hydrogen-bond acceptors (Lipinski definition) is 6. The summed E-state index contributed by atoms with van der Waals surface area (Å²) in [6.07, 6.45) is 0. The molecule has 10 heteroatoms. The summed E-state index contributed by atoms with van der Waals surface area (Å²) in [7, 11) is -9.27. The number of carbonyl (C=O) groups is 1. The second kappa shape index (κ2) is 8.51. The van der Waals surface area contributed by atoms with Crippen LogP contribution in [0.25, 0.3) is 0 Å². The lowest BCUT2D eigenvalue weighted by Crippen LogP contribution is -2.37. The Morgan fingerprint density at radius 2 is 1.45 bits per heavy atom. The maximum atomic E-state index is 13.5. The van der Waals surface area contributed by atoms with Crippen molar-refractivity contribution in [2.45, 2.75) is 16.7 Å². The van der Waals surface area contributed by atoms with E-state index in [-0.39, 0.29) is 41.1 Å². The number of ketones is 1. The van der Waals surface area contributed by atoms with E-state index in [4.69, 9.17) is 16.9 Å². The average molecular weight is 475 g/mol. The maximum absolute atomic E-state index is 13.5. The van der Waals surface area contributed by atoms with Gasteiger partial charge >= 0.3 is 0 Å². The van der Waals surface area contributed by atoms with Gasteiger partial charge in [0.25, 0.3) is 20.0 Å². The Hall–Kier alpha value is -3.19. The van der Waals surface area contributed by atoms with E-state index < -0.39 is 20.0 Å². The molecule has 0 aliphatic carbocycles. The van der Waals surface area contributed by atoms with Crippen molar-refractivity contribution in [3.8, 4) is 6.07 Å². The van der Waals surface area contributed by atoms with Crippen molar-refractivity contribution < 1.29 is 21.6 Å². The van der Waals surface area contributed by atoms with Crippen LogP contribution in [0.4, 0.5) is 5.69 Å². The Kier molecular flexibility index (Phi) is 6.18. The molecule has 0 radical (unpaired) electrons. The van der Waals surface area contributed by atoms with Crippen LogP contribution in [0.15, 0.2) is 82.6 Å². The van der Waals surface area contributed by atoms with Gasteiger partial charge in [-0.3, -0.25) is 4.79 Å². The van der Waals surface area contributed by atoms with Gasteiger partial charge in [-0.25, -0.2) is 16.8 Å². The molecule has 31 heavy (non-hydrogen) atoms. The lowest BCUT2D eigenvalue weighted by atomic mass is 10.1. The molecule has 0 saturated carbocycles. The molecular weight excluding hydrogens is 460 g/mol. The van der Waals surface area contributed by atoms with Crippen LogP contribution in [0.3, 0.4) is 0 Å². The molecule has 0 saturated heterocycles. The summed E-state index contributed by atoms with van der Waals surface area (Å²) in [5, 5.41) is 9.39. The second-order valence-corrected chi connectivity index (χ2v) is 10.6. The van der Waals surface area contributed by atoms with Gasteiger partial charge in [-0.2, -0.15) is 8.97 Å². The third-order valence-electron chi connectivity index (χ3n) is 4.29. The molecule has 0 aromatic heterocycles. The first-order valence-electron chi connectivity index (χ1n) is 8.74. The van der Waals surface area contributed by atoms with Crippen molar-refractivity contribution in [2.24, 2.45) is 0 Å².